The lowest BCUT2D eigenvalue weighted by molar-refractivity contribution is -0.118. The number of fused-ring (bicyclic) bond motifs is 1. The summed E-state index contributed by atoms with van der Waals surface area (Å²) >= 11 is 0. The Morgan fingerprint density at radius 1 is 1.07 bits per heavy atom. The number of carbonyl (C=O) groups excluding carboxylic acids is 1. The first kappa shape index (κ1) is 24.1. The first-order valence-electron chi connectivity index (χ1n) is 10.2. The van der Waals surface area contributed by atoms with E-state index < -0.39 is 0 Å². The second-order valence-electron chi connectivity index (χ2n) is 6.99. The zero-order valence-corrected chi connectivity index (χ0v) is 19.8. The van der Waals surface area contributed by atoms with Crippen molar-refractivity contribution in [3.8, 4) is 0 Å². The molecule has 0 fully saturated rings. The normalized spacial score (nSPS) is 12.8. The van der Waals surface area contributed by atoms with Crippen LogP contribution in [0, 0.1) is 0 Å². The topological polar surface area (TPSA) is 66.0 Å². The number of carbonyl (C=O) groups is 1. The molecule has 6 nitrogen and oxygen atoms in total. The molecule has 2 N–H and O–H groups in total. The zero-order valence-electron chi connectivity index (χ0n) is 17.5. The highest BCUT2D eigenvalue weighted by molar-refractivity contribution is 14.0. The van der Waals surface area contributed by atoms with Crippen LogP contribution in [-0.2, 0) is 22.6 Å². The second kappa shape index (κ2) is 13.2. The number of guanidine groups is 1. The number of benzene rings is 2. The molecule has 2 aromatic carbocycles. The van der Waals surface area contributed by atoms with E-state index in [4.69, 9.17) is 4.74 Å². The van der Waals surface area contributed by atoms with E-state index in [2.05, 4.69) is 33.8 Å². The number of para-hydroxylation sites is 1. The molecule has 1 amide bonds. The van der Waals surface area contributed by atoms with Crippen LogP contribution in [0.3, 0.4) is 0 Å². The lowest BCUT2D eigenvalue weighted by Gasteiger charge is -2.17. The van der Waals surface area contributed by atoms with Crippen molar-refractivity contribution in [3.63, 3.8) is 0 Å². The van der Waals surface area contributed by atoms with Crippen molar-refractivity contribution >= 4 is 41.5 Å². The molecule has 0 aromatic heterocycles. The Labute approximate surface area is 196 Å². The van der Waals surface area contributed by atoms with E-state index >= 15 is 0 Å². The molecular formula is C23H31IN4O2. The maximum absolute atomic E-state index is 12.5. The minimum absolute atomic E-state index is 0. The first-order chi connectivity index (χ1) is 14.3. The van der Waals surface area contributed by atoms with Crippen molar-refractivity contribution < 1.29 is 9.53 Å². The monoisotopic (exact) mass is 522 g/mol. The number of aliphatic imine (C=N–C) groups is 1. The van der Waals surface area contributed by atoms with E-state index in [0.29, 0.717) is 32.7 Å². The summed E-state index contributed by atoms with van der Waals surface area (Å²) in [5, 5.41) is 6.49. The molecule has 0 aliphatic carbocycles. The Hall–Kier alpha value is -2.13. The van der Waals surface area contributed by atoms with Crippen molar-refractivity contribution in [1.82, 2.24) is 10.6 Å². The molecule has 0 radical (unpaired) electrons. The van der Waals surface area contributed by atoms with Crippen LogP contribution in [0.4, 0.5) is 5.69 Å². The maximum atomic E-state index is 12.5. The van der Waals surface area contributed by atoms with Crippen LogP contribution in [0.25, 0.3) is 0 Å². The van der Waals surface area contributed by atoms with Gasteiger partial charge < -0.3 is 20.3 Å². The lowest BCUT2D eigenvalue weighted by Crippen LogP contribution is -2.39. The van der Waals surface area contributed by atoms with Crippen molar-refractivity contribution in [3.05, 3.63) is 65.7 Å². The minimum Gasteiger partial charge on any atom is -0.375 e. The van der Waals surface area contributed by atoms with Crippen LogP contribution in [0.1, 0.15) is 24.0 Å². The molecular weight excluding hydrogens is 491 g/mol. The fraction of sp³-hybridized carbons (Fsp3) is 0.391. The van der Waals surface area contributed by atoms with Crippen LogP contribution in [-0.4, -0.2) is 45.2 Å². The summed E-state index contributed by atoms with van der Waals surface area (Å²) in [6.07, 6.45) is 2.24. The SMILES string of the molecule is CN=C(NCCCC(=O)N1CCc2ccccc21)NCCOCc1ccccc1.I. The molecule has 0 bridgehead atoms. The maximum Gasteiger partial charge on any atom is 0.227 e. The zero-order chi connectivity index (χ0) is 20.3. The first-order valence-corrected chi connectivity index (χ1v) is 10.2. The lowest BCUT2D eigenvalue weighted by atomic mass is 10.2. The highest BCUT2D eigenvalue weighted by atomic mass is 127. The summed E-state index contributed by atoms with van der Waals surface area (Å²) in [7, 11) is 1.74. The van der Waals surface area contributed by atoms with Crippen molar-refractivity contribution in [2.24, 2.45) is 4.99 Å². The van der Waals surface area contributed by atoms with Crippen LogP contribution >= 0.6 is 24.0 Å². The van der Waals surface area contributed by atoms with E-state index in [1.54, 1.807) is 7.05 Å². The Kier molecular flexibility index (Phi) is 10.6. The molecule has 0 unspecified atom stereocenters. The second-order valence-corrected chi connectivity index (χ2v) is 6.99. The summed E-state index contributed by atoms with van der Waals surface area (Å²) in [6.45, 7) is 3.37. The molecule has 30 heavy (non-hydrogen) atoms. The van der Waals surface area contributed by atoms with Crippen LogP contribution in [0.2, 0.25) is 0 Å². The third-order valence-electron chi connectivity index (χ3n) is 4.92. The number of amides is 1. The van der Waals surface area contributed by atoms with E-state index in [-0.39, 0.29) is 29.9 Å². The van der Waals surface area contributed by atoms with Crippen LogP contribution in [0.15, 0.2) is 59.6 Å². The largest absolute Gasteiger partial charge is 0.375 e. The standard InChI is InChI=1S/C23H30N4O2.HI/c1-24-23(26-15-17-29-18-19-8-3-2-4-9-19)25-14-7-12-22(28)27-16-13-20-10-5-6-11-21(20)27;/h2-6,8-11H,7,12-18H2,1H3,(H2,24,25,26);1H. The van der Waals surface area contributed by atoms with Crippen molar-refractivity contribution in [2.75, 3.05) is 38.2 Å². The fourth-order valence-corrected chi connectivity index (χ4v) is 3.41. The predicted molar refractivity (Wildman–Crippen MR) is 133 cm³/mol. The number of hydrogen-bond acceptors (Lipinski definition) is 3. The van der Waals surface area contributed by atoms with E-state index in [1.165, 1.54) is 11.1 Å². The number of halogens is 1. The average Bonchev–Trinajstić information content (AvgIpc) is 3.20. The van der Waals surface area contributed by atoms with Gasteiger partial charge in [0.2, 0.25) is 5.91 Å². The summed E-state index contributed by atoms with van der Waals surface area (Å²) in [4.78, 5) is 18.6. The Balaban J connectivity index is 0.00000320. The number of nitrogens with zero attached hydrogens (tertiary/aromatic N) is 2. The molecule has 1 aliphatic rings. The van der Waals surface area contributed by atoms with Gasteiger partial charge in [0.05, 0.1) is 13.2 Å². The van der Waals surface area contributed by atoms with Gasteiger partial charge in [0.1, 0.15) is 0 Å². The summed E-state index contributed by atoms with van der Waals surface area (Å²) in [6, 6.07) is 18.3. The van der Waals surface area contributed by atoms with Gasteiger partial charge in [-0.05, 0) is 30.0 Å². The van der Waals surface area contributed by atoms with Crippen LogP contribution < -0.4 is 15.5 Å². The van der Waals surface area contributed by atoms with Gasteiger partial charge in [0, 0.05) is 38.8 Å². The number of nitrogens with one attached hydrogen (secondary N) is 2. The van der Waals surface area contributed by atoms with Gasteiger partial charge in [-0.15, -0.1) is 24.0 Å². The van der Waals surface area contributed by atoms with Gasteiger partial charge in [0.15, 0.2) is 5.96 Å². The van der Waals surface area contributed by atoms with Gasteiger partial charge in [-0.3, -0.25) is 9.79 Å². The molecule has 0 saturated heterocycles. The highest BCUT2D eigenvalue weighted by Crippen LogP contribution is 2.27. The van der Waals surface area contributed by atoms with E-state index in [1.807, 2.05) is 41.3 Å². The van der Waals surface area contributed by atoms with Crippen molar-refractivity contribution in [1.29, 1.82) is 0 Å². The Morgan fingerprint density at radius 3 is 2.60 bits per heavy atom. The molecule has 0 atom stereocenters. The van der Waals surface area contributed by atoms with Crippen LogP contribution in [0.5, 0.6) is 0 Å². The third kappa shape index (κ3) is 7.28. The quantitative estimate of drug-likeness (QED) is 0.230. The van der Waals surface area contributed by atoms with Gasteiger partial charge in [0.25, 0.3) is 0 Å². The molecule has 3 rings (SSSR count). The number of anilines is 1. The van der Waals surface area contributed by atoms with Gasteiger partial charge in [-0.25, -0.2) is 0 Å². The highest BCUT2D eigenvalue weighted by Gasteiger charge is 2.23. The average molecular weight is 522 g/mol. The number of rotatable bonds is 9. The summed E-state index contributed by atoms with van der Waals surface area (Å²) in [5.41, 5.74) is 3.50. The van der Waals surface area contributed by atoms with Gasteiger partial charge >= 0.3 is 0 Å². The smallest absolute Gasteiger partial charge is 0.227 e. The van der Waals surface area contributed by atoms with E-state index in [9.17, 15) is 4.79 Å². The minimum atomic E-state index is 0. The number of hydrogen-bond donors (Lipinski definition) is 2. The fourth-order valence-electron chi connectivity index (χ4n) is 3.41. The summed E-state index contributed by atoms with van der Waals surface area (Å²) < 4.78 is 5.66. The number of ether oxygens (including phenoxy) is 1. The molecule has 7 heteroatoms. The Morgan fingerprint density at radius 2 is 1.80 bits per heavy atom. The third-order valence-corrected chi connectivity index (χ3v) is 4.92. The molecule has 0 spiro atoms. The molecule has 1 aliphatic heterocycles. The predicted octanol–water partition coefficient (Wildman–Crippen LogP) is 3.36. The Bertz CT molecular complexity index is 814. The summed E-state index contributed by atoms with van der Waals surface area (Å²) in [5.74, 6) is 0.918. The molecule has 1 heterocycles. The van der Waals surface area contributed by atoms with Crippen molar-refractivity contribution in [2.45, 2.75) is 25.9 Å². The molecule has 0 saturated carbocycles. The molecule has 2 aromatic rings. The molecule has 162 valence electrons. The van der Waals surface area contributed by atoms with Gasteiger partial charge in [-0.2, -0.15) is 0 Å². The van der Waals surface area contributed by atoms with Gasteiger partial charge in [-0.1, -0.05) is 48.5 Å². The van der Waals surface area contributed by atoms with E-state index in [0.717, 1.165) is 31.0 Å².